The monoisotopic (exact) mass is 385 g/mol. The lowest BCUT2D eigenvalue weighted by atomic mass is 10.1. The molecule has 0 aromatic heterocycles. The first-order chi connectivity index (χ1) is 13.5. The van der Waals surface area contributed by atoms with Crippen LogP contribution in [0.3, 0.4) is 0 Å². The molecule has 2 aromatic rings. The summed E-state index contributed by atoms with van der Waals surface area (Å²) in [7, 11) is 0. The number of rotatable bonds is 6. The highest BCUT2D eigenvalue weighted by molar-refractivity contribution is 5.91. The van der Waals surface area contributed by atoms with Gasteiger partial charge in [0.15, 0.2) is 0 Å². The number of aliphatic hydroxyl groups is 2. The van der Waals surface area contributed by atoms with Crippen molar-refractivity contribution in [3.8, 4) is 0 Å². The quantitative estimate of drug-likeness (QED) is 0.514. The third kappa shape index (κ3) is 5.29. The van der Waals surface area contributed by atoms with Crippen LogP contribution in [-0.2, 0) is 9.53 Å². The first-order valence-corrected chi connectivity index (χ1v) is 8.99. The van der Waals surface area contributed by atoms with Crippen LogP contribution in [0.25, 0.3) is 0 Å². The second kappa shape index (κ2) is 9.32. The molecule has 3 amide bonds. The number of anilines is 2. The van der Waals surface area contributed by atoms with Gasteiger partial charge in [-0.15, -0.1) is 0 Å². The zero-order valence-corrected chi connectivity index (χ0v) is 15.1. The lowest BCUT2D eigenvalue weighted by Gasteiger charge is -2.15. The molecule has 5 N–H and O–H groups in total. The minimum atomic E-state index is -1.22. The van der Waals surface area contributed by atoms with E-state index >= 15 is 0 Å². The van der Waals surface area contributed by atoms with Crippen molar-refractivity contribution < 1.29 is 24.5 Å². The Kier molecular flexibility index (Phi) is 6.59. The van der Waals surface area contributed by atoms with E-state index in [0.29, 0.717) is 11.4 Å². The molecule has 0 radical (unpaired) electrons. The van der Waals surface area contributed by atoms with Gasteiger partial charge in [0.25, 0.3) is 0 Å². The van der Waals surface area contributed by atoms with Gasteiger partial charge in [-0.3, -0.25) is 4.79 Å². The normalized spacial score (nSPS) is 23.8. The Morgan fingerprint density at radius 1 is 0.821 bits per heavy atom. The third-order valence-corrected chi connectivity index (χ3v) is 4.40. The van der Waals surface area contributed by atoms with Gasteiger partial charge in [-0.2, -0.15) is 0 Å². The van der Waals surface area contributed by atoms with E-state index in [-0.39, 0.29) is 18.9 Å². The van der Waals surface area contributed by atoms with Crippen molar-refractivity contribution in [2.75, 3.05) is 17.2 Å². The maximum atomic E-state index is 12.1. The Bertz CT molecular complexity index is 787. The van der Waals surface area contributed by atoms with E-state index in [0.717, 1.165) is 0 Å². The largest absolute Gasteiger partial charge is 0.388 e. The van der Waals surface area contributed by atoms with Crippen LogP contribution in [0.1, 0.15) is 6.42 Å². The molecule has 8 heteroatoms. The molecule has 1 fully saturated rings. The van der Waals surface area contributed by atoms with Crippen LogP contribution < -0.4 is 16.0 Å². The number of aliphatic hydroxyl groups excluding tert-OH is 2. The molecule has 1 saturated heterocycles. The Hall–Kier alpha value is -2.94. The van der Waals surface area contributed by atoms with Crippen LogP contribution in [0.5, 0.6) is 0 Å². The zero-order valence-electron chi connectivity index (χ0n) is 15.1. The Morgan fingerprint density at radius 2 is 1.36 bits per heavy atom. The van der Waals surface area contributed by atoms with Crippen molar-refractivity contribution in [1.29, 1.82) is 0 Å². The number of amides is 3. The molecule has 0 bridgehead atoms. The van der Waals surface area contributed by atoms with Gasteiger partial charge in [0, 0.05) is 17.9 Å². The number of hydrogen-bond acceptors (Lipinski definition) is 5. The van der Waals surface area contributed by atoms with Crippen LogP contribution >= 0.6 is 0 Å². The van der Waals surface area contributed by atoms with Gasteiger partial charge in [-0.05, 0) is 24.3 Å². The lowest BCUT2D eigenvalue weighted by Crippen LogP contribution is -2.41. The van der Waals surface area contributed by atoms with Crippen LogP contribution in [0.2, 0.25) is 0 Å². The van der Waals surface area contributed by atoms with Crippen LogP contribution in [0.4, 0.5) is 16.2 Å². The summed E-state index contributed by atoms with van der Waals surface area (Å²) in [6.07, 6.45) is -4.20. The highest BCUT2D eigenvalue weighted by Gasteiger charge is 2.43. The Morgan fingerprint density at radius 3 is 1.96 bits per heavy atom. The third-order valence-electron chi connectivity index (χ3n) is 4.40. The zero-order chi connectivity index (χ0) is 19.9. The van der Waals surface area contributed by atoms with Crippen molar-refractivity contribution in [1.82, 2.24) is 5.32 Å². The van der Waals surface area contributed by atoms with Crippen molar-refractivity contribution in [2.45, 2.75) is 30.8 Å². The molecule has 0 spiro atoms. The van der Waals surface area contributed by atoms with Gasteiger partial charge in [0.1, 0.15) is 18.3 Å². The van der Waals surface area contributed by atoms with E-state index in [1.165, 1.54) is 0 Å². The first kappa shape index (κ1) is 19.8. The molecule has 2 aromatic carbocycles. The molecule has 1 aliphatic rings. The van der Waals surface area contributed by atoms with E-state index < -0.39 is 30.4 Å². The summed E-state index contributed by atoms with van der Waals surface area (Å²) in [4.78, 5) is 24.1. The SMILES string of the molecule is O=C(CC1OC(CNC(=O)Nc2ccccc2)C(O)C1O)Nc1ccccc1. The van der Waals surface area contributed by atoms with Crippen molar-refractivity contribution in [3.63, 3.8) is 0 Å². The topological polar surface area (TPSA) is 120 Å². The van der Waals surface area contributed by atoms with Gasteiger partial charge < -0.3 is 30.9 Å². The van der Waals surface area contributed by atoms with Crippen LogP contribution in [0.15, 0.2) is 60.7 Å². The predicted molar refractivity (Wildman–Crippen MR) is 104 cm³/mol. The molecule has 28 heavy (non-hydrogen) atoms. The fourth-order valence-electron chi connectivity index (χ4n) is 2.97. The molecule has 4 unspecified atom stereocenters. The molecular formula is C20H23N3O5. The number of hydrogen-bond donors (Lipinski definition) is 5. The van der Waals surface area contributed by atoms with E-state index in [4.69, 9.17) is 4.74 Å². The fourth-order valence-corrected chi connectivity index (χ4v) is 2.97. The van der Waals surface area contributed by atoms with Crippen molar-refractivity contribution >= 4 is 23.3 Å². The summed E-state index contributed by atoms with van der Waals surface area (Å²) in [5.41, 5.74) is 1.26. The molecular weight excluding hydrogens is 362 g/mol. The Labute approximate surface area is 162 Å². The summed E-state index contributed by atoms with van der Waals surface area (Å²) >= 11 is 0. The molecule has 8 nitrogen and oxygen atoms in total. The molecule has 0 saturated carbocycles. The van der Waals surface area contributed by atoms with Gasteiger partial charge in [-0.1, -0.05) is 36.4 Å². The van der Waals surface area contributed by atoms with Gasteiger partial charge in [0.05, 0.1) is 12.5 Å². The molecule has 1 aliphatic heterocycles. The average Bonchev–Trinajstić information content (AvgIpc) is 2.96. The maximum Gasteiger partial charge on any atom is 0.319 e. The molecule has 1 heterocycles. The minimum Gasteiger partial charge on any atom is -0.388 e. The molecule has 4 atom stereocenters. The van der Waals surface area contributed by atoms with Crippen LogP contribution in [-0.4, -0.2) is 53.1 Å². The summed E-state index contributed by atoms with van der Waals surface area (Å²) in [5.74, 6) is -0.335. The van der Waals surface area contributed by atoms with Gasteiger partial charge in [-0.25, -0.2) is 4.79 Å². The van der Waals surface area contributed by atoms with Crippen molar-refractivity contribution in [2.24, 2.45) is 0 Å². The summed E-state index contributed by atoms with van der Waals surface area (Å²) < 4.78 is 5.59. The number of ether oxygens (including phenoxy) is 1. The smallest absolute Gasteiger partial charge is 0.319 e. The van der Waals surface area contributed by atoms with Crippen LogP contribution in [0, 0.1) is 0 Å². The second-order valence-electron chi connectivity index (χ2n) is 6.51. The maximum absolute atomic E-state index is 12.1. The van der Waals surface area contributed by atoms with E-state index in [1.807, 2.05) is 12.1 Å². The Balaban J connectivity index is 1.46. The first-order valence-electron chi connectivity index (χ1n) is 8.99. The number of para-hydroxylation sites is 2. The van der Waals surface area contributed by atoms with E-state index in [1.54, 1.807) is 48.5 Å². The highest BCUT2D eigenvalue weighted by atomic mass is 16.5. The van der Waals surface area contributed by atoms with E-state index in [9.17, 15) is 19.8 Å². The van der Waals surface area contributed by atoms with Crippen molar-refractivity contribution in [3.05, 3.63) is 60.7 Å². The standard InChI is InChI=1S/C20H23N3O5/c24-17(22-13-7-3-1-4-8-13)11-15-18(25)19(26)16(28-15)12-21-20(27)23-14-9-5-2-6-10-14/h1-10,15-16,18-19,25-26H,11-12H2,(H,22,24)(H2,21,23,27). The number of carbonyl (C=O) groups is 2. The molecule has 0 aliphatic carbocycles. The highest BCUT2D eigenvalue weighted by Crippen LogP contribution is 2.24. The molecule has 148 valence electrons. The fraction of sp³-hybridized carbons (Fsp3) is 0.300. The summed E-state index contributed by atoms with van der Waals surface area (Å²) in [6, 6.07) is 17.4. The van der Waals surface area contributed by atoms with E-state index in [2.05, 4.69) is 16.0 Å². The number of nitrogens with one attached hydrogen (secondary N) is 3. The van der Waals surface area contributed by atoms with Gasteiger partial charge in [0.2, 0.25) is 5.91 Å². The minimum absolute atomic E-state index is 0.00625. The lowest BCUT2D eigenvalue weighted by molar-refractivity contribution is -0.120. The number of urea groups is 1. The summed E-state index contributed by atoms with van der Waals surface area (Å²) in [5, 5.41) is 28.3. The van der Waals surface area contributed by atoms with Gasteiger partial charge >= 0.3 is 6.03 Å². The number of carbonyl (C=O) groups excluding carboxylic acids is 2. The second-order valence-corrected chi connectivity index (χ2v) is 6.51. The summed E-state index contributed by atoms with van der Waals surface area (Å²) in [6.45, 7) is -0.00625. The predicted octanol–water partition coefficient (Wildman–Crippen LogP) is 1.33. The average molecular weight is 385 g/mol. The molecule has 3 rings (SSSR count). The number of benzene rings is 2.